The van der Waals surface area contributed by atoms with Crippen molar-refractivity contribution < 1.29 is 8.42 Å². The smallest absolute Gasteiger partial charge is 0.156 e. The van der Waals surface area contributed by atoms with E-state index in [1.807, 2.05) is 0 Å². The Labute approximate surface area is 101 Å². The van der Waals surface area contributed by atoms with Crippen molar-refractivity contribution >= 4 is 26.8 Å². The van der Waals surface area contributed by atoms with Gasteiger partial charge in [0.1, 0.15) is 0 Å². The second-order valence-electron chi connectivity index (χ2n) is 4.46. The second kappa shape index (κ2) is 4.96. The summed E-state index contributed by atoms with van der Waals surface area (Å²) in [4.78, 5) is 4.40. The van der Waals surface area contributed by atoms with Crippen LogP contribution in [0.1, 0.15) is 26.2 Å². The van der Waals surface area contributed by atoms with Crippen LogP contribution in [-0.2, 0) is 9.84 Å². The average Bonchev–Trinajstić information content (AvgIpc) is 2.55. The molecular weight excluding hydrogens is 244 g/mol. The number of thioether (sulfide) groups is 1. The van der Waals surface area contributed by atoms with E-state index in [-0.39, 0.29) is 5.25 Å². The molecule has 0 saturated carbocycles. The van der Waals surface area contributed by atoms with Gasteiger partial charge in [0.2, 0.25) is 0 Å². The van der Waals surface area contributed by atoms with Gasteiger partial charge in [-0.05, 0) is 26.2 Å². The first kappa shape index (κ1) is 12.2. The van der Waals surface area contributed by atoms with Crippen molar-refractivity contribution in [2.24, 2.45) is 4.99 Å². The Morgan fingerprint density at radius 3 is 2.94 bits per heavy atom. The van der Waals surface area contributed by atoms with Gasteiger partial charge >= 0.3 is 0 Å². The van der Waals surface area contributed by atoms with Gasteiger partial charge in [-0.25, -0.2) is 8.42 Å². The van der Waals surface area contributed by atoms with Crippen molar-refractivity contribution in [2.45, 2.75) is 37.5 Å². The Kier molecular flexibility index (Phi) is 3.79. The van der Waals surface area contributed by atoms with Gasteiger partial charge in [-0.15, -0.1) is 0 Å². The molecule has 2 aliphatic rings. The van der Waals surface area contributed by atoms with Gasteiger partial charge in [0, 0.05) is 11.8 Å². The summed E-state index contributed by atoms with van der Waals surface area (Å²) in [6.45, 7) is 2.56. The first-order valence-electron chi connectivity index (χ1n) is 5.73. The number of nitrogens with zero attached hydrogens (tertiary/aromatic N) is 1. The number of amidine groups is 1. The molecular formula is C10H18N2O2S2. The van der Waals surface area contributed by atoms with E-state index in [2.05, 4.69) is 17.2 Å². The van der Waals surface area contributed by atoms with E-state index in [1.165, 1.54) is 0 Å². The van der Waals surface area contributed by atoms with Crippen LogP contribution >= 0.6 is 11.8 Å². The summed E-state index contributed by atoms with van der Waals surface area (Å²) >= 11 is 1.69. The molecule has 2 saturated heterocycles. The van der Waals surface area contributed by atoms with Crippen LogP contribution in [0.25, 0.3) is 0 Å². The molecule has 16 heavy (non-hydrogen) atoms. The predicted molar refractivity (Wildman–Crippen MR) is 68.8 cm³/mol. The molecule has 2 fully saturated rings. The summed E-state index contributed by atoms with van der Waals surface area (Å²) in [6.07, 6.45) is 2.72. The van der Waals surface area contributed by atoms with Crippen LogP contribution in [0.2, 0.25) is 0 Å². The summed E-state index contributed by atoms with van der Waals surface area (Å²) in [5.41, 5.74) is 0. The van der Waals surface area contributed by atoms with E-state index < -0.39 is 9.84 Å². The average molecular weight is 262 g/mol. The van der Waals surface area contributed by atoms with Crippen molar-refractivity contribution in [1.82, 2.24) is 5.32 Å². The van der Waals surface area contributed by atoms with E-state index in [9.17, 15) is 8.42 Å². The lowest BCUT2D eigenvalue weighted by Gasteiger charge is -2.22. The van der Waals surface area contributed by atoms with E-state index in [1.54, 1.807) is 11.8 Å². The first-order valence-corrected chi connectivity index (χ1v) is 8.43. The van der Waals surface area contributed by atoms with Gasteiger partial charge in [0.15, 0.2) is 15.0 Å². The van der Waals surface area contributed by atoms with Gasteiger partial charge in [-0.2, -0.15) is 0 Å². The Hall–Kier alpha value is -0.230. The van der Waals surface area contributed by atoms with Crippen LogP contribution in [0.4, 0.5) is 0 Å². The normalized spacial score (nSPS) is 36.2. The molecule has 92 valence electrons. The van der Waals surface area contributed by atoms with Crippen LogP contribution < -0.4 is 5.32 Å². The SMILES string of the molecule is CC1CCSC(=NCC2CCCS2(=O)=O)N1. The maximum Gasteiger partial charge on any atom is 0.156 e. The molecule has 2 unspecified atom stereocenters. The minimum Gasteiger partial charge on any atom is -0.362 e. The standard InChI is InChI=1S/C10H18N2O2S2/c1-8-4-5-15-10(12-8)11-7-9-3-2-6-16(9,13)14/h8-9H,2-7H2,1H3,(H,11,12). The van der Waals surface area contributed by atoms with Gasteiger partial charge in [-0.1, -0.05) is 11.8 Å². The zero-order valence-electron chi connectivity index (χ0n) is 9.48. The highest BCUT2D eigenvalue weighted by Crippen LogP contribution is 2.21. The van der Waals surface area contributed by atoms with Crippen molar-refractivity contribution in [3.8, 4) is 0 Å². The topological polar surface area (TPSA) is 58.5 Å². The van der Waals surface area contributed by atoms with Crippen LogP contribution in [0.3, 0.4) is 0 Å². The first-order chi connectivity index (χ1) is 7.58. The molecule has 0 spiro atoms. The Bertz CT molecular complexity index is 378. The number of hydrogen-bond donors (Lipinski definition) is 1. The maximum absolute atomic E-state index is 11.6. The van der Waals surface area contributed by atoms with Crippen LogP contribution in [-0.4, -0.2) is 42.9 Å². The fourth-order valence-corrected chi connectivity index (χ4v) is 4.84. The van der Waals surface area contributed by atoms with E-state index >= 15 is 0 Å². The molecule has 0 aromatic heterocycles. The molecule has 2 aliphatic heterocycles. The predicted octanol–water partition coefficient (Wildman–Crippen LogP) is 1.03. The molecule has 0 aliphatic carbocycles. The summed E-state index contributed by atoms with van der Waals surface area (Å²) in [7, 11) is -2.85. The van der Waals surface area contributed by atoms with Crippen molar-refractivity contribution in [3.05, 3.63) is 0 Å². The van der Waals surface area contributed by atoms with Crippen LogP contribution in [0.5, 0.6) is 0 Å². The fraction of sp³-hybridized carbons (Fsp3) is 0.900. The third-order valence-electron chi connectivity index (χ3n) is 3.06. The molecule has 4 nitrogen and oxygen atoms in total. The lowest BCUT2D eigenvalue weighted by atomic mass is 10.2. The van der Waals surface area contributed by atoms with Gasteiger partial charge in [0.25, 0.3) is 0 Å². The Balaban J connectivity index is 1.93. The summed E-state index contributed by atoms with van der Waals surface area (Å²) in [5, 5.41) is 3.97. The van der Waals surface area contributed by atoms with E-state index in [4.69, 9.17) is 0 Å². The molecule has 2 atom stereocenters. The molecule has 0 radical (unpaired) electrons. The summed E-state index contributed by atoms with van der Waals surface area (Å²) in [5.74, 6) is 1.42. The minimum atomic E-state index is -2.85. The minimum absolute atomic E-state index is 0.236. The highest BCUT2D eigenvalue weighted by molar-refractivity contribution is 8.13. The Morgan fingerprint density at radius 1 is 1.50 bits per heavy atom. The highest BCUT2D eigenvalue weighted by atomic mass is 32.2. The molecule has 0 amide bonds. The van der Waals surface area contributed by atoms with Crippen molar-refractivity contribution in [2.75, 3.05) is 18.1 Å². The lowest BCUT2D eigenvalue weighted by molar-refractivity contribution is 0.589. The Morgan fingerprint density at radius 2 is 2.31 bits per heavy atom. The van der Waals surface area contributed by atoms with Gasteiger partial charge in [-0.3, -0.25) is 4.99 Å². The molecule has 2 rings (SSSR count). The van der Waals surface area contributed by atoms with Crippen LogP contribution in [0, 0.1) is 0 Å². The molecule has 0 aromatic carbocycles. The van der Waals surface area contributed by atoms with Crippen molar-refractivity contribution in [3.63, 3.8) is 0 Å². The quantitative estimate of drug-likeness (QED) is 0.807. The second-order valence-corrected chi connectivity index (χ2v) is 7.94. The van der Waals surface area contributed by atoms with E-state index in [0.717, 1.165) is 30.2 Å². The van der Waals surface area contributed by atoms with Crippen molar-refractivity contribution in [1.29, 1.82) is 0 Å². The number of hydrogen-bond acceptors (Lipinski definition) is 4. The maximum atomic E-state index is 11.6. The third kappa shape index (κ3) is 2.91. The molecule has 0 aromatic rings. The van der Waals surface area contributed by atoms with Gasteiger partial charge < -0.3 is 5.32 Å². The lowest BCUT2D eigenvalue weighted by Crippen LogP contribution is -2.36. The number of sulfone groups is 1. The zero-order valence-corrected chi connectivity index (χ0v) is 11.1. The molecule has 1 N–H and O–H groups in total. The number of nitrogens with one attached hydrogen (secondary N) is 1. The summed E-state index contributed by atoms with van der Waals surface area (Å²) in [6, 6.07) is 0.459. The zero-order chi connectivity index (χ0) is 11.6. The largest absolute Gasteiger partial charge is 0.362 e. The summed E-state index contributed by atoms with van der Waals surface area (Å²) < 4.78 is 23.2. The molecule has 2 heterocycles. The number of rotatable bonds is 2. The van der Waals surface area contributed by atoms with E-state index in [0.29, 0.717) is 18.3 Å². The van der Waals surface area contributed by atoms with Crippen LogP contribution in [0.15, 0.2) is 4.99 Å². The monoisotopic (exact) mass is 262 g/mol. The van der Waals surface area contributed by atoms with Gasteiger partial charge in [0.05, 0.1) is 17.5 Å². The fourth-order valence-electron chi connectivity index (χ4n) is 2.00. The highest BCUT2D eigenvalue weighted by Gasteiger charge is 2.31. The molecule has 0 bridgehead atoms. The number of aliphatic imine (C=N–C) groups is 1. The third-order valence-corrected chi connectivity index (χ3v) is 6.28. The molecule has 6 heteroatoms.